The highest BCUT2D eigenvalue weighted by Crippen LogP contribution is 2.11. The molecule has 3 aromatic rings. The minimum Gasteiger partial charge on any atom is -0.459 e. The number of nitrogens with one attached hydrogen (secondary N) is 3. The molecule has 2 heterocycles. The summed E-state index contributed by atoms with van der Waals surface area (Å²) in [7, 11) is 0. The molecular formula is C19H22N4O3. The molecule has 1 aromatic carbocycles. The van der Waals surface area contributed by atoms with Gasteiger partial charge in [0, 0.05) is 25.9 Å². The average Bonchev–Trinajstić information content (AvgIpc) is 3.31. The number of H-pyrrole nitrogens is 1. The van der Waals surface area contributed by atoms with Crippen molar-refractivity contribution < 1.29 is 14.0 Å². The first-order valence-corrected chi connectivity index (χ1v) is 8.74. The van der Waals surface area contributed by atoms with Crippen LogP contribution in [-0.4, -0.2) is 34.9 Å². The molecule has 0 fully saturated rings. The number of carbonyl (C=O) groups excluding carboxylic acids is 2. The third-order valence-corrected chi connectivity index (χ3v) is 3.96. The van der Waals surface area contributed by atoms with Gasteiger partial charge in [-0.3, -0.25) is 9.59 Å². The minimum absolute atomic E-state index is 0.0122. The zero-order valence-corrected chi connectivity index (χ0v) is 14.5. The lowest BCUT2D eigenvalue weighted by Crippen LogP contribution is -2.28. The number of furan rings is 1. The van der Waals surface area contributed by atoms with Gasteiger partial charge in [0.1, 0.15) is 5.82 Å². The Kier molecular flexibility index (Phi) is 6.03. The lowest BCUT2D eigenvalue weighted by Gasteiger charge is -2.05. The molecule has 0 atom stereocenters. The van der Waals surface area contributed by atoms with E-state index in [0.717, 1.165) is 29.7 Å². The van der Waals surface area contributed by atoms with Crippen LogP contribution in [0.3, 0.4) is 0 Å². The number of aromatic amines is 1. The lowest BCUT2D eigenvalue weighted by molar-refractivity contribution is -0.121. The molecule has 26 heavy (non-hydrogen) atoms. The average molecular weight is 354 g/mol. The highest BCUT2D eigenvalue weighted by Gasteiger charge is 2.08. The molecule has 0 saturated carbocycles. The van der Waals surface area contributed by atoms with Crippen molar-refractivity contribution in [2.75, 3.05) is 13.1 Å². The van der Waals surface area contributed by atoms with Crippen LogP contribution < -0.4 is 10.6 Å². The van der Waals surface area contributed by atoms with E-state index >= 15 is 0 Å². The zero-order chi connectivity index (χ0) is 18.2. The maximum absolute atomic E-state index is 11.8. The number of benzene rings is 1. The summed E-state index contributed by atoms with van der Waals surface area (Å²) in [4.78, 5) is 31.2. The van der Waals surface area contributed by atoms with Gasteiger partial charge in [-0.15, -0.1) is 0 Å². The Morgan fingerprint density at radius 1 is 1.04 bits per heavy atom. The van der Waals surface area contributed by atoms with Crippen molar-refractivity contribution in [2.24, 2.45) is 0 Å². The normalized spacial score (nSPS) is 10.8. The highest BCUT2D eigenvalue weighted by atomic mass is 16.3. The first kappa shape index (κ1) is 17.7. The van der Waals surface area contributed by atoms with E-state index in [9.17, 15) is 9.59 Å². The first-order chi connectivity index (χ1) is 12.7. The number of hydrogen-bond donors (Lipinski definition) is 3. The number of imidazole rings is 1. The van der Waals surface area contributed by atoms with Gasteiger partial charge >= 0.3 is 0 Å². The fraction of sp³-hybridized carbons (Fsp3) is 0.316. The van der Waals surface area contributed by atoms with Crippen LogP contribution in [0.15, 0.2) is 47.1 Å². The summed E-state index contributed by atoms with van der Waals surface area (Å²) in [6.45, 7) is 1.04. The van der Waals surface area contributed by atoms with Gasteiger partial charge in [-0.25, -0.2) is 4.98 Å². The van der Waals surface area contributed by atoms with Crippen molar-refractivity contribution in [3.63, 3.8) is 0 Å². The Labute approximate surface area is 151 Å². The summed E-state index contributed by atoms with van der Waals surface area (Å²) in [5.74, 6) is 0.934. The third-order valence-electron chi connectivity index (χ3n) is 3.96. The Hall–Kier alpha value is -3.09. The van der Waals surface area contributed by atoms with Crippen molar-refractivity contribution in [3.8, 4) is 0 Å². The molecule has 2 amide bonds. The van der Waals surface area contributed by atoms with E-state index in [4.69, 9.17) is 4.42 Å². The SMILES string of the molecule is O=C(CCCNC(=O)c1ccco1)NCCCc1nc2ccccc2[nH]1. The van der Waals surface area contributed by atoms with E-state index in [1.165, 1.54) is 6.26 Å². The van der Waals surface area contributed by atoms with E-state index in [2.05, 4.69) is 20.6 Å². The van der Waals surface area contributed by atoms with Gasteiger partial charge in [0.2, 0.25) is 5.91 Å². The molecule has 0 aliphatic carbocycles. The fourth-order valence-electron chi connectivity index (χ4n) is 2.64. The van der Waals surface area contributed by atoms with Gasteiger partial charge in [0.05, 0.1) is 17.3 Å². The van der Waals surface area contributed by atoms with Crippen molar-refractivity contribution in [2.45, 2.75) is 25.7 Å². The molecule has 0 radical (unpaired) electrons. The first-order valence-electron chi connectivity index (χ1n) is 8.74. The molecule has 136 valence electrons. The van der Waals surface area contributed by atoms with Crippen molar-refractivity contribution in [1.29, 1.82) is 0 Å². The van der Waals surface area contributed by atoms with E-state index in [-0.39, 0.29) is 17.6 Å². The van der Waals surface area contributed by atoms with E-state index in [1.807, 2.05) is 24.3 Å². The Morgan fingerprint density at radius 3 is 2.69 bits per heavy atom. The van der Waals surface area contributed by atoms with Crippen molar-refractivity contribution in [3.05, 3.63) is 54.2 Å². The van der Waals surface area contributed by atoms with Crippen molar-refractivity contribution in [1.82, 2.24) is 20.6 Å². The maximum Gasteiger partial charge on any atom is 0.286 e. The molecule has 7 nitrogen and oxygen atoms in total. The molecule has 3 rings (SSSR count). The van der Waals surface area contributed by atoms with E-state index in [0.29, 0.717) is 25.9 Å². The Bertz CT molecular complexity index is 822. The number of nitrogens with zero attached hydrogens (tertiary/aromatic N) is 1. The molecular weight excluding hydrogens is 332 g/mol. The molecule has 0 saturated heterocycles. The van der Waals surface area contributed by atoms with Gasteiger partial charge in [-0.2, -0.15) is 0 Å². The smallest absolute Gasteiger partial charge is 0.286 e. The molecule has 2 aromatic heterocycles. The van der Waals surface area contributed by atoms with Gasteiger partial charge in [0.25, 0.3) is 5.91 Å². The number of amides is 2. The molecule has 0 bridgehead atoms. The summed E-state index contributed by atoms with van der Waals surface area (Å²) in [6.07, 6.45) is 4.02. The maximum atomic E-state index is 11.8. The monoisotopic (exact) mass is 354 g/mol. The Morgan fingerprint density at radius 2 is 1.88 bits per heavy atom. The lowest BCUT2D eigenvalue weighted by atomic mass is 10.2. The zero-order valence-electron chi connectivity index (χ0n) is 14.5. The van der Waals surface area contributed by atoms with Crippen LogP contribution >= 0.6 is 0 Å². The van der Waals surface area contributed by atoms with E-state index < -0.39 is 0 Å². The van der Waals surface area contributed by atoms with Gasteiger partial charge in [-0.1, -0.05) is 12.1 Å². The summed E-state index contributed by atoms with van der Waals surface area (Å²) >= 11 is 0. The van der Waals surface area contributed by atoms with Crippen LogP contribution in [0.25, 0.3) is 11.0 Å². The molecule has 0 aliphatic rings. The summed E-state index contributed by atoms with van der Waals surface area (Å²) in [5.41, 5.74) is 1.99. The number of fused-ring (bicyclic) bond motifs is 1. The summed E-state index contributed by atoms with van der Waals surface area (Å²) in [6, 6.07) is 11.2. The van der Waals surface area contributed by atoms with Crippen LogP contribution in [0, 0.1) is 0 Å². The number of hydrogen-bond acceptors (Lipinski definition) is 4. The van der Waals surface area contributed by atoms with Crippen LogP contribution in [0.1, 0.15) is 35.6 Å². The van der Waals surface area contributed by atoms with Crippen LogP contribution in [0.2, 0.25) is 0 Å². The predicted molar refractivity (Wildman–Crippen MR) is 97.7 cm³/mol. The third kappa shape index (κ3) is 4.95. The van der Waals surface area contributed by atoms with Gasteiger partial charge < -0.3 is 20.0 Å². The van der Waals surface area contributed by atoms with Gasteiger partial charge in [-0.05, 0) is 37.1 Å². The number of aromatic nitrogens is 2. The molecule has 0 unspecified atom stereocenters. The van der Waals surface area contributed by atoms with Crippen LogP contribution in [0.5, 0.6) is 0 Å². The molecule has 3 N–H and O–H groups in total. The van der Waals surface area contributed by atoms with Gasteiger partial charge in [0.15, 0.2) is 5.76 Å². The Balaban J connectivity index is 1.26. The molecule has 7 heteroatoms. The van der Waals surface area contributed by atoms with E-state index in [1.54, 1.807) is 12.1 Å². The number of para-hydroxylation sites is 2. The predicted octanol–water partition coefficient (Wildman–Crippen LogP) is 2.41. The second kappa shape index (κ2) is 8.84. The number of rotatable bonds is 9. The summed E-state index contributed by atoms with van der Waals surface area (Å²) < 4.78 is 5.00. The fourth-order valence-corrected chi connectivity index (χ4v) is 2.64. The minimum atomic E-state index is -0.263. The second-order valence-electron chi connectivity index (χ2n) is 5.99. The quantitative estimate of drug-likeness (QED) is 0.514. The second-order valence-corrected chi connectivity index (χ2v) is 5.99. The number of carbonyl (C=O) groups is 2. The van der Waals surface area contributed by atoms with Crippen molar-refractivity contribution >= 4 is 22.8 Å². The standard InChI is InChI=1S/C19H22N4O3/c24-18(10-4-12-21-19(25)16-8-5-13-26-16)20-11-3-9-17-22-14-6-1-2-7-15(14)23-17/h1-2,5-8,13H,3-4,9-12H2,(H,20,24)(H,21,25)(H,22,23). The topological polar surface area (TPSA) is 100 Å². The highest BCUT2D eigenvalue weighted by molar-refractivity contribution is 5.91. The molecule has 0 aliphatic heterocycles. The van der Waals surface area contributed by atoms with Crippen LogP contribution in [-0.2, 0) is 11.2 Å². The summed E-state index contributed by atoms with van der Waals surface area (Å²) in [5, 5.41) is 5.61. The van der Waals surface area contributed by atoms with Crippen LogP contribution in [0.4, 0.5) is 0 Å². The largest absolute Gasteiger partial charge is 0.459 e. The number of aryl methyl sites for hydroxylation is 1. The molecule has 0 spiro atoms.